The van der Waals surface area contributed by atoms with Crippen molar-refractivity contribution in [3.63, 3.8) is 0 Å². The van der Waals surface area contributed by atoms with E-state index in [1.54, 1.807) is 36.4 Å². The van der Waals surface area contributed by atoms with Crippen molar-refractivity contribution in [1.82, 2.24) is 21.7 Å². The van der Waals surface area contributed by atoms with Gasteiger partial charge in [0.2, 0.25) is 11.8 Å². The highest BCUT2D eigenvalue weighted by Gasteiger charge is 2.10. The molecule has 0 aliphatic rings. The van der Waals surface area contributed by atoms with Crippen LogP contribution in [0.1, 0.15) is 40.0 Å². The Hall–Kier alpha value is -3.10. The Morgan fingerprint density at radius 3 is 1.45 bits per heavy atom. The van der Waals surface area contributed by atoms with E-state index in [1.165, 1.54) is 12.1 Å². The minimum atomic E-state index is -0.512. The second kappa shape index (κ2) is 11.0. The second-order valence-corrected chi connectivity index (χ2v) is 6.75. The van der Waals surface area contributed by atoms with Crippen LogP contribution in [0.2, 0.25) is 10.0 Å². The smallest absolute Gasteiger partial charge is 0.269 e. The fourth-order valence-corrected chi connectivity index (χ4v) is 2.57. The molecular weight excluding hydrogens is 419 g/mol. The van der Waals surface area contributed by atoms with Crippen LogP contribution in [-0.2, 0) is 9.59 Å². The molecule has 4 amide bonds. The van der Waals surface area contributed by atoms with E-state index in [-0.39, 0.29) is 19.3 Å². The van der Waals surface area contributed by atoms with Crippen molar-refractivity contribution >= 4 is 46.8 Å². The van der Waals surface area contributed by atoms with E-state index in [1.807, 2.05) is 0 Å². The maximum Gasteiger partial charge on any atom is 0.269 e. The van der Waals surface area contributed by atoms with Crippen molar-refractivity contribution in [2.75, 3.05) is 0 Å². The lowest BCUT2D eigenvalue weighted by molar-refractivity contribution is -0.123. The van der Waals surface area contributed by atoms with Gasteiger partial charge in [0.1, 0.15) is 0 Å². The number of benzene rings is 2. The van der Waals surface area contributed by atoms with Crippen LogP contribution in [0.5, 0.6) is 0 Å². The monoisotopic (exact) mass is 436 g/mol. The van der Waals surface area contributed by atoms with Crippen molar-refractivity contribution in [3.05, 3.63) is 69.7 Å². The quantitative estimate of drug-likeness (QED) is 0.520. The van der Waals surface area contributed by atoms with Crippen LogP contribution in [0.15, 0.2) is 48.5 Å². The molecule has 29 heavy (non-hydrogen) atoms. The number of hydrogen-bond acceptors (Lipinski definition) is 4. The van der Waals surface area contributed by atoms with Gasteiger partial charge in [-0.2, -0.15) is 0 Å². The minimum absolute atomic E-state index is 0.00544. The number of hydrazine groups is 2. The van der Waals surface area contributed by atoms with Gasteiger partial charge in [0.15, 0.2) is 0 Å². The van der Waals surface area contributed by atoms with Crippen molar-refractivity contribution < 1.29 is 19.2 Å². The maximum atomic E-state index is 11.9. The summed E-state index contributed by atoms with van der Waals surface area (Å²) in [5, 5.41) is 0.801. The Labute approximate surface area is 176 Å². The van der Waals surface area contributed by atoms with Crippen molar-refractivity contribution in [2.24, 2.45) is 0 Å². The highest BCUT2D eigenvalue weighted by atomic mass is 35.5. The third-order valence-electron chi connectivity index (χ3n) is 3.61. The summed E-state index contributed by atoms with van der Waals surface area (Å²) in [6.45, 7) is 0. The first kappa shape index (κ1) is 22.2. The van der Waals surface area contributed by atoms with Gasteiger partial charge in [-0.25, -0.2) is 0 Å². The maximum absolute atomic E-state index is 11.9. The van der Waals surface area contributed by atoms with Crippen molar-refractivity contribution in [2.45, 2.75) is 19.3 Å². The lowest BCUT2D eigenvalue weighted by Crippen LogP contribution is -2.42. The summed E-state index contributed by atoms with van der Waals surface area (Å²) < 4.78 is 0. The summed E-state index contributed by atoms with van der Waals surface area (Å²) in [6.07, 6.45) is 0.231. The average molecular weight is 437 g/mol. The summed E-state index contributed by atoms with van der Waals surface area (Å²) in [7, 11) is 0. The number of rotatable bonds is 6. The van der Waals surface area contributed by atoms with Crippen LogP contribution in [0.4, 0.5) is 0 Å². The molecule has 0 fully saturated rings. The number of hydrogen-bond donors (Lipinski definition) is 4. The Balaban J connectivity index is 1.63. The lowest BCUT2D eigenvalue weighted by Gasteiger charge is -2.09. The fourth-order valence-electron chi connectivity index (χ4n) is 2.19. The van der Waals surface area contributed by atoms with Gasteiger partial charge in [-0.1, -0.05) is 35.3 Å². The summed E-state index contributed by atoms with van der Waals surface area (Å²) in [5.41, 5.74) is 9.63. The van der Waals surface area contributed by atoms with Crippen LogP contribution in [0.25, 0.3) is 0 Å². The normalized spacial score (nSPS) is 10.0. The zero-order valence-corrected chi connectivity index (χ0v) is 16.6. The van der Waals surface area contributed by atoms with E-state index in [4.69, 9.17) is 23.2 Å². The molecule has 0 atom stereocenters. The standard InChI is InChI=1S/C19H18Cl2N4O4/c20-14-6-1-4-12(10-14)18(28)24-22-16(26)8-3-9-17(27)23-25-19(29)13-5-2-7-15(21)11-13/h1-2,4-7,10-11H,3,8-9H2,(H,22,26)(H,23,27)(H,24,28)(H,25,29). The Kier molecular flexibility index (Phi) is 8.45. The number of carbonyl (C=O) groups excluding carboxylic acids is 4. The van der Waals surface area contributed by atoms with Crippen LogP contribution in [0.3, 0.4) is 0 Å². The van der Waals surface area contributed by atoms with Crippen molar-refractivity contribution in [3.8, 4) is 0 Å². The van der Waals surface area contributed by atoms with E-state index in [0.29, 0.717) is 21.2 Å². The van der Waals surface area contributed by atoms with Gasteiger partial charge in [0, 0.05) is 34.0 Å². The third-order valence-corrected chi connectivity index (χ3v) is 4.08. The number of halogens is 2. The largest absolute Gasteiger partial charge is 0.273 e. The van der Waals surface area contributed by atoms with Gasteiger partial charge in [-0.3, -0.25) is 40.9 Å². The number of amides is 4. The molecule has 0 saturated heterocycles. The second-order valence-electron chi connectivity index (χ2n) is 5.88. The van der Waals surface area contributed by atoms with E-state index in [0.717, 1.165) is 0 Å². The number of nitrogens with one attached hydrogen (secondary N) is 4. The first-order valence-corrected chi connectivity index (χ1v) is 9.30. The van der Waals surface area contributed by atoms with E-state index < -0.39 is 23.6 Å². The number of carbonyl (C=O) groups is 4. The third kappa shape index (κ3) is 7.81. The van der Waals surface area contributed by atoms with Crippen LogP contribution in [0, 0.1) is 0 Å². The Morgan fingerprint density at radius 2 is 1.07 bits per heavy atom. The van der Waals surface area contributed by atoms with E-state index >= 15 is 0 Å². The predicted octanol–water partition coefficient (Wildman–Crippen LogP) is 2.39. The molecule has 10 heteroatoms. The van der Waals surface area contributed by atoms with Gasteiger partial charge in [0.05, 0.1) is 0 Å². The molecule has 8 nitrogen and oxygen atoms in total. The van der Waals surface area contributed by atoms with Gasteiger partial charge < -0.3 is 0 Å². The average Bonchev–Trinajstić information content (AvgIpc) is 2.70. The molecule has 4 N–H and O–H groups in total. The molecule has 0 aromatic heterocycles. The zero-order valence-electron chi connectivity index (χ0n) is 15.1. The van der Waals surface area contributed by atoms with Gasteiger partial charge in [-0.05, 0) is 42.8 Å². The van der Waals surface area contributed by atoms with Crippen LogP contribution in [-0.4, -0.2) is 23.6 Å². The zero-order chi connectivity index (χ0) is 21.2. The summed E-state index contributed by atoms with van der Waals surface area (Å²) >= 11 is 11.6. The molecule has 0 aliphatic carbocycles. The molecule has 2 rings (SSSR count). The molecule has 0 radical (unpaired) electrons. The topological polar surface area (TPSA) is 116 Å². The summed E-state index contributed by atoms with van der Waals surface area (Å²) in [5.74, 6) is -1.95. The van der Waals surface area contributed by atoms with Gasteiger partial charge >= 0.3 is 0 Å². The molecule has 0 unspecified atom stereocenters. The van der Waals surface area contributed by atoms with Crippen LogP contribution < -0.4 is 21.7 Å². The molecular formula is C19H18Cl2N4O4. The highest BCUT2D eigenvalue weighted by molar-refractivity contribution is 6.31. The fraction of sp³-hybridized carbons (Fsp3) is 0.158. The minimum Gasteiger partial charge on any atom is -0.273 e. The molecule has 0 bridgehead atoms. The first-order chi connectivity index (χ1) is 13.8. The van der Waals surface area contributed by atoms with E-state index in [2.05, 4.69) is 21.7 Å². The SMILES string of the molecule is O=C(CCCC(=O)NNC(=O)c1cccc(Cl)c1)NNC(=O)c1cccc(Cl)c1. The van der Waals surface area contributed by atoms with Gasteiger partial charge in [0.25, 0.3) is 11.8 Å². The lowest BCUT2D eigenvalue weighted by atomic mass is 10.2. The highest BCUT2D eigenvalue weighted by Crippen LogP contribution is 2.11. The molecule has 152 valence electrons. The summed E-state index contributed by atoms with van der Waals surface area (Å²) in [6, 6.07) is 12.5. The first-order valence-electron chi connectivity index (χ1n) is 8.54. The Bertz CT molecular complexity index is 847. The molecule has 0 heterocycles. The molecule has 2 aromatic carbocycles. The Morgan fingerprint density at radius 1 is 0.655 bits per heavy atom. The predicted molar refractivity (Wildman–Crippen MR) is 108 cm³/mol. The van der Waals surface area contributed by atoms with E-state index in [9.17, 15) is 19.2 Å². The van der Waals surface area contributed by atoms with Crippen molar-refractivity contribution in [1.29, 1.82) is 0 Å². The molecule has 2 aromatic rings. The molecule has 0 saturated carbocycles. The van der Waals surface area contributed by atoms with Gasteiger partial charge in [-0.15, -0.1) is 0 Å². The molecule has 0 spiro atoms. The summed E-state index contributed by atoms with van der Waals surface area (Å²) in [4.78, 5) is 47.2. The molecule has 0 aliphatic heterocycles. The van der Waals surface area contributed by atoms with Crippen LogP contribution >= 0.6 is 23.2 Å².